The van der Waals surface area contributed by atoms with Crippen molar-refractivity contribution in [1.29, 1.82) is 0 Å². The fourth-order valence-electron chi connectivity index (χ4n) is 3.82. The minimum Gasteiger partial charge on any atom is -0.481 e. The van der Waals surface area contributed by atoms with Gasteiger partial charge in [-0.1, -0.05) is 34.1 Å². The molecule has 0 amide bonds. The average molecular weight is 431 g/mol. The largest absolute Gasteiger partial charge is 0.481 e. The van der Waals surface area contributed by atoms with Crippen LogP contribution < -0.4 is 0 Å². The minimum absolute atomic E-state index is 0.106. The van der Waals surface area contributed by atoms with E-state index in [1.165, 1.54) is 12.1 Å². The Morgan fingerprint density at radius 2 is 2.11 bits per heavy atom. The number of aliphatic carboxylic acids is 1. The van der Waals surface area contributed by atoms with Crippen molar-refractivity contribution in [3.8, 4) is 0 Å². The van der Waals surface area contributed by atoms with E-state index in [-0.39, 0.29) is 12.1 Å². The van der Waals surface area contributed by atoms with Crippen LogP contribution in [-0.4, -0.2) is 27.6 Å². The maximum absolute atomic E-state index is 11.7. The summed E-state index contributed by atoms with van der Waals surface area (Å²) in [6.07, 6.45) is 0.278. The molecule has 1 aromatic heterocycles. The normalized spacial score (nSPS) is 19.0. The van der Waals surface area contributed by atoms with Crippen LogP contribution in [0.5, 0.6) is 0 Å². The molecular formula is C19H15BrN2O5. The first-order chi connectivity index (χ1) is 12.9. The molecule has 1 unspecified atom stereocenters. The van der Waals surface area contributed by atoms with Gasteiger partial charge in [-0.2, -0.15) is 0 Å². The number of benzene rings is 2. The molecule has 7 nitrogen and oxygen atoms in total. The van der Waals surface area contributed by atoms with Crippen molar-refractivity contribution in [2.24, 2.45) is 0 Å². The van der Waals surface area contributed by atoms with E-state index in [4.69, 9.17) is 4.74 Å². The van der Waals surface area contributed by atoms with Gasteiger partial charge in [0.05, 0.1) is 23.6 Å². The predicted molar refractivity (Wildman–Crippen MR) is 102 cm³/mol. The molecule has 4 rings (SSSR count). The van der Waals surface area contributed by atoms with Crippen molar-refractivity contribution in [3.63, 3.8) is 0 Å². The van der Waals surface area contributed by atoms with Crippen LogP contribution in [0.2, 0.25) is 0 Å². The topological polar surface area (TPSA) is 105 Å². The lowest BCUT2D eigenvalue weighted by atomic mass is 9.82. The number of H-pyrrole nitrogens is 1. The van der Waals surface area contributed by atoms with E-state index in [1.54, 1.807) is 12.1 Å². The first-order valence-corrected chi connectivity index (χ1v) is 9.12. The maximum Gasteiger partial charge on any atom is 0.307 e. The number of nitro groups is 1. The van der Waals surface area contributed by atoms with Gasteiger partial charge >= 0.3 is 5.97 Å². The molecule has 0 spiro atoms. The molecule has 0 saturated carbocycles. The standard InChI is InChI=1S/C19H15BrN2O5/c20-14-5-2-6-15-17(14)13-7-8-27-19(10-16(23)24,18(13)21-15)11-3-1-4-12(9-11)22(25)26/h1-6,9,21H,7-8,10H2,(H,23,24). The molecule has 1 aliphatic rings. The van der Waals surface area contributed by atoms with Crippen LogP contribution in [0.4, 0.5) is 5.69 Å². The number of carboxylic acids is 1. The fourth-order valence-corrected chi connectivity index (χ4v) is 4.42. The van der Waals surface area contributed by atoms with Gasteiger partial charge < -0.3 is 14.8 Å². The lowest BCUT2D eigenvalue weighted by molar-refractivity contribution is -0.385. The molecular weight excluding hydrogens is 416 g/mol. The number of aromatic amines is 1. The Kier molecular flexibility index (Phi) is 4.24. The fraction of sp³-hybridized carbons (Fsp3) is 0.211. The van der Waals surface area contributed by atoms with Crippen molar-refractivity contribution in [3.05, 3.63) is 73.9 Å². The van der Waals surface area contributed by atoms with Gasteiger partial charge in [0, 0.05) is 27.5 Å². The average Bonchev–Trinajstić information content (AvgIpc) is 3.02. The van der Waals surface area contributed by atoms with Crippen LogP contribution in [-0.2, 0) is 21.6 Å². The Bertz CT molecular complexity index is 1080. The molecule has 0 bridgehead atoms. The first-order valence-electron chi connectivity index (χ1n) is 8.32. The van der Waals surface area contributed by atoms with Gasteiger partial charge in [0.15, 0.2) is 0 Å². The number of halogens is 1. The Hall–Kier alpha value is -2.71. The highest BCUT2D eigenvalue weighted by atomic mass is 79.9. The van der Waals surface area contributed by atoms with Crippen molar-refractivity contribution >= 4 is 38.5 Å². The number of non-ortho nitro benzene ring substituents is 1. The van der Waals surface area contributed by atoms with Crippen molar-refractivity contribution in [1.82, 2.24) is 4.98 Å². The number of hydrogen-bond donors (Lipinski definition) is 2. The van der Waals surface area contributed by atoms with Gasteiger partial charge in [-0.3, -0.25) is 14.9 Å². The predicted octanol–water partition coefficient (Wildman–Crippen LogP) is 4.13. The van der Waals surface area contributed by atoms with Crippen molar-refractivity contribution < 1.29 is 19.6 Å². The van der Waals surface area contributed by atoms with Gasteiger partial charge in [-0.25, -0.2) is 0 Å². The second-order valence-corrected chi connectivity index (χ2v) is 7.30. The van der Waals surface area contributed by atoms with E-state index >= 15 is 0 Å². The Labute approximate surface area is 162 Å². The lowest BCUT2D eigenvalue weighted by Gasteiger charge is -2.36. The van der Waals surface area contributed by atoms with Gasteiger partial charge in [0.1, 0.15) is 5.60 Å². The SMILES string of the molecule is O=C(O)CC1(c2cccc([N+](=O)[O-])c2)OCCc2c1[nH]c1cccc(Br)c21. The summed E-state index contributed by atoms with van der Waals surface area (Å²) in [7, 11) is 0. The molecule has 1 aliphatic heterocycles. The molecule has 0 aliphatic carbocycles. The van der Waals surface area contributed by atoms with E-state index in [9.17, 15) is 20.0 Å². The monoisotopic (exact) mass is 430 g/mol. The van der Waals surface area contributed by atoms with Crippen LogP contribution in [0.25, 0.3) is 10.9 Å². The molecule has 0 radical (unpaired) electrons. The number of carboxylic acid groups (broad SMARTS) is 1. The second-order valence-electron chi connectivity index (χ2n) is 6.44. The quantitative estimate of drug-likeness (QED) is 0.478. The molecule has 1 atom stereocenters. The molecule has 0 fully saturated rings. The number of fused-ring (bicyclic) bond motifs is 3. The smallest absolute Gasteiger partial charge is 0.307 e. The Morgan fingerprint density at radius 3 is 2.85 bits per heavy atom. The molecule has 138 valence electrons. The van der Waals surface area contributed by atoms with Crippen LogP contribution in [0.15, 0.2) is 46.9 Å². The van der Waals surface area contributed by atoms with Crippen molar-refractivity contribution in [2.45, 2.75) is 18.4 Å². The molecule has 2 N–H and O–H groups in total. The first kappa shape index (κ1) is 17.7. The zero-order valence-electron chi connectivity index (χ0n) is 14.1. The van der Waals surface area contributed by atoms with Gasteiger partial charge in [-0.15, -0.1) is 0 Å². The van der Waals surface area contributed by atoms with Gasteiger partial charge in [-0.05, 0) is 29.7 Å². The number of nitrogens with one attached hydrogen (secondary N) is 1. The second kappa shape index (κ2) is 6.47. The van der Waals surface area contributed by atoms with E-state index in [1.807, 2.05) is 18.2 Å². The summed E-state index contributed by atoms with van der Waals surface area (Å²) >= 11 is 3.56. The van der Waals surface area contributed by atoms with Crippen LogP contribution in [0.3, 0.4) is 0 Å². The van der Waals surface area contributed by atoms with Gasteiger partial charge in [0.25, 0.3) is 5.69 Å². The third kappa shape index (κ3) is 2.81. The van der Waals surface area contributed by atoms with E-state index in [0.717, 1.165) is 20.9 Å². The number of nitro benzene ring substituents is 1. The summed E-state index contributed by atoms with van der Waals surface area (Å²) in [5, 5.41) is 21.8. The number of rotatable bonds is 4. The van der Waals surface area contributed by atoms with Gasteiger partial charge in [0.2, 0.25) is 0 Å². The minimum atomic E-state index is -1.32. The summed E-state index contributed by atoms with van der Waals surface area (Å²) in [5.41, 5.74) is 1.49. The van der Waals surface area contributed by atoms with Crippen molar-refractivity contribution in [2.75, 3.05) is 6.61 Å². The molecule has 0 saturated heterocycles. The molecule has 27 heavy (non-hydrogen) atoms. The number of nitrogens with zero attached hydrogens (tertiary/aromatic N) is 1. The molecule has 2 heterocycles. The summed E-state index contributed by atoms with van der Waals surface area (Å²) in [6.45, 7) is 0.317. The highest BCUT2D eigenvalue weighted by Gasteiger charge is 2.44. The summed E-state index contributed by atoms with van der Waals surface area (Å²) in [5.74, 6) is -1.05. The number of hydrogen-bond acceptors (Lipinski definition) is 4. The zero-order valence-corrected chi connectivity index (χ0v) is 15.7. The highest BCUT2D eigenvalue weighted by Crippen LogP contribution is 2.45. The Balaban J connectivity index is 2.01. The third-order valence-electron chi connectivity index (χ3n) is 4.90. The zero-order chi connectivity index (χ0) is 19.2. The number of aromatic nitrogens is 1. The highest BCUT2D eigenvalue weighted by molar-refractivity contribution is 9.10. The molecule has 3 aromatic rings. The van der Waals surface area contributed by atoms with Crippen LogP contribution >= 0.6 is 15.9 Å². The molecule has 2 aromatic carbocycles. The lowest BCUT2D eigenvalue weighted by Crippen LogP contribution is -2.39. The third-order valence-corrected chi connectivity index (χ3v) is 5.57. The number of carbonyl (C=O) groups is 1. The van der Waals surface area contributed by atoms with E-state index in [0.29, 0.717) is 24.3 Å². The van der Waals surface area contributed by atoms with E-state index < -0.39 is 16.5 Å². The van der Waals surface area contributed by atoms with Crippen LogP contribution in [0.1, 0.15) is 23.2 Å². The summed E-state index contributed by atoms with van der Waals surface area (Å²) in [6, 6.07) is 11.7. The van der Waals surface area contributed by atoms with Crippen LogP contribution in [0, 0.1) is 10.1 Å². The summed E-state index contributed by atoms with van der Waals surface area (Å²) < 4.78 is 6.95. The Morgan fingerprint density at radius 1 is 1.33 bits per heavy atom. The number of ether oxygens (including phenoxy) is 1. The summed E-state index contributed by atoms with van der Waals surface area (Å²) in [4.78, 5) is 25.8. The molecule has 8 heteroatoms. The maximum atomic E-state index is 11.7. The van der Waals surface area contributed by atoms with E-state index in [2.05, 4.69) is 20.9 Å².